The van der Waals surface area contributed by atoms with E-state index >= 15 is 0 Å². The predicted octanol–water partition coefficient (Wildman–Crippen LogP) is 3.52. The van der Waals surface area contributed by atoms with Gasteiger partial charge in [-0.15, -0.1) is 0 Å². The summed E-state index contributed by atoms with van der Waals surface area (Å²) in [5, 5.41) is 3.78. The fourth-order valence-electron chi connectivity index (χ4n) is 3.61. The summed E-state index contributed by atoms with van der Waals surface area (Å²) >= 11 is 5.86. The van der Waals surface area contributed by atoms with Crippen molar-refractivity contribution in [2.24, 2.45) is 0 Å². The highest BCUT2D eigenvalue weighted by molar-refractivity contribution is 6.25. The van der Waals surface area contributed by atoms with Gasteiger partial charge in [0.05, 0.1) is 0 Å². The van der Waals surface area contributed by atoms with Gasteiger partial charge in [0.1, 0.15) is 0 Å². The Bertz CT molecular complexity index is 295. The second-order valence-electron chi connectivity index (χ2n) is 6.13. The van der Waals surface area contributed by atoms with Gasteiger partial charge in [-0.25, -0.2) is 0 Å². The van der Waals surface area contributed by atoms with Crippen molar-refractivity contribution in [2.45, 2.75) is 64.0 Å². The first kappa shape index (κ1) is 14.4. The third-order valence-electron chi connectivity index (χ3n) is 4.63. The van der Waals surface area contributed by atoms with Gasteiger partial charge in [0.15, 0.2) is 0 Å². The molecule has 0 bridgehead atoms. The Hall–Kier alpha value is -0.0500. The van der Waals surface area contributed by atoms with E-state index in [1.54, 1.807) is 5.54 Å². The molecule has 104 valence electrons. The molecule has 18 heavy (non-hydrogen) atoms. The number of rotatable bonds is 4. The van der Waals surface area contributed by atoms with Gasteiger partial charge in [-0.05, 0) is 31.8 Å². The van der Waals surface area contributed by atoms with Gasteiger partial charge in [0.2, 0.25) is 0 Å². The van der Waals surface area contributed by atoms with E-state index in [-0.39, 0.29) is 0 Å². The van der Waals surface area contributed by atoms with Gasteiger partial charge in [0.25, 0.3) is 0 Å². The molecule has 0 radical (unpaired) electrons. The number of hydrogen-bond donors (Lipinski definition) is 1. The Morgan fingerprint density at radius 3 is 2.78 bits per heavy atom. The summed E-state index contributed by atoms with van der Waals surface area (Å²) in [7, 11) is 0. The van der Waals surface area contributed by atoms with Crippen molar-refractivity contribution in [1.29, 1.82) is 0 Å². The molecule has 0 aromatic carbocycles. The normalized spacial score (nSPS) is 29.1. The Morgan fingerprint density at radius 1 is 1.44 bits per heavy atom. The van der Waals surface area contributed by atoms with Crippen molar-refractivity contribution < 1.29 is 0 Å². The molecule has 3 heteroatoms. The second kappa shape index (κ2) is 6.40. The van der Waals surface area contributed by atoms with Crippen molar-refractivity contribution in [3.05, 3.63) is 11.1 Å². The lowest BCUT2D eigenvalue weighted by Gasteiger charge is -2.48. The van der Waals surface area contributed by atoms with Gasteiger partial charge in [-0.1, -0.05) is 37.8 Å². The summed E-state index contributed by atoms with van der Waals surface area (Å²) in [5.74, 6) is 0. The van der Waals surface area contributed by atoms with Crippen LogP contribution in [0.1, 0.15) is 52.4 Å². The van der Waals surface area contributed by atoms with Gasteiger partial charge in [-0.3, -0.25) is 4.90 Å². The Labute approximate surface area is 117 Å². The van der Waals surface area contributed by atoms with Crippen LogP contribution in [0.5, 0.6) is 0 Å². The second-order valence-corrected chi connectivity index (χ2v) is 6.35. The molecular formula is C15H27ClN2. The average molecular weight is 271 g/mol. The van der Waals surface area contributed by atoms with Crippen molar-refractivity contribution in [3.63, 3.8) is 0 Å². The van der Waals surface area contributed by atoms with Crippen LogP contribution in [0.15, 0.2) is 11.1 Å². The van der Waals surface area contributed by atoms with Crippen LogP contribution in [0.25, 0.3) is 0 Å². The number of piperazine rings is 1. The molecule has 2 rings (SSSR count). The number of halogens is 1. The van der Waals surface area contributed by atoms with E-state index in [2.05, 4.69) is 24.1 Å². The zero-order valence-corrected chi connectivity index (χ0v) is 12.6. The standard InChI is InChI=1S/C15H27ClN2/c1-3-6-14-11-18(10-13(2)9-16)15(12-17-14)7-4-5-8-15/h9,14,17H,3-8,10-12H2,1-2H3. The minimum absolute atomic E-state index is 0.422. The summed E-state index contributed by atoms with van der Waals surface area (Å²) in [5.41, 5.74) is 3.46. The lowest BCUT2D eigenvalue weighted by Crippen LogP contribution is -2.63. The maximum absolute atomic E-state index is 5.86. The number of nitrogens with one attached hydrogen (secondary N) is 1. The average Bonchev–Trinajstić information content (AvgIpc) is 2.83. The van der Waals surface area contributed by atoms with E-state index in [4.69, 9.17) is 11.6 Å². The fourth-order valence-corrected chi connectivity index (χ4v) is 3.68. The molecule has 1 unspecified atom stereocenters. The molecule has 1 aliphatic heterocycles. The summed E-state index contributed by atoms with van der Waals surface area (Å²) in [6.45, 7) is 7.83. The molecule has 2 nitrogen and oxygen atoms in total. The summed E-state index contributed by atoms with van der Waals surface area (Å²) in [4.78, 5) is 2.71. The summed E-state index contributed by atoms with van der Waals surface area (Å²) in [6.07, 6.45) is 8.04. The highest BCUT2D eigenvalue weighted by atomic mass is 35.5. The van der Waals surface area contributed by atoms with E-state index in [1.807, 2.05) is 0 Å². The minimum Gasteiger partial charge on any atom is -0.311 e. The fraction of sp³-hybridized carbons (Fsp3) is 0.867. The molecule has 1 atom stereocenters. The first-order valence-electron chi connectivity index (χ1n) is 7.44. The third kappa shape index (κ3) is 3.09. The molecule has 2 fully saturated rings. The molecule has 1 aliphatic carbocycles. The van der Waals surface area contributed by atoms with Crippen molar-refractivity contribution >= 4 is 11.6 Å². The Balaban J connectivity index is 2.05. The number of hydrogen-bond acceptors (Lipinski definition) is 2. The quantitative estimate of drug-likeness (QED) is 0.841. The van der Waals surface area contributed by atoms with Crippen LogP contribution in [0, 0.1) is 0 Å². The van der Waals surface area contributed by atoms with E-state index < -0.39 is 0 Å². The largest absolute Gasteiger partial charge is 0.311 e. The van der Waals surface area contributed by atoms with Crippen LogP contribution in [0.4, 0.5) is 0 Å². The third-order valence-corrected chi connectivity index (χ3v) is 5.00. The molecule has 2 aliphatic rings. The van der Waals surface area contributed by atoms with Crippen molar-refractivity contribution in [3.8, 4) is 0 Å². The van der Waals surface area contributed by atoms with E-state index in [9.17, 15) is 0 Å². The molecule has 0 aromatic heterocycles. The van der Waals surface area contributed by atoms with E-state index in [1.165, 1.54) is 57.2 Å². The molecule has 1 N–H and O–H groups in total. The van der Waals surface area contributed by atoms with E-state index in [0.29, 0.717) is 11.6 Å². The van der Waals surface area contributed by atoms with Crippen LogP contribution in [0.2, 0.25) is 0 Å². The zero-order chi connectivity index (χ0) is 13.0. The molecule has 1 heterocycles. The molecule has 0 aromatic rings. The van der Waals surface area contributed by atoms with E-state index in [0.717, 1.165) is 6.54 Å². The van der Waals surface area contributed by atoms with Gasteiger partial charge in [-0.2, -0.15) is 0 Å². The highest BCUT2D eigenvalue weighted by Crippen LogP contribution is 2.37. The summed E-state index contributed by atoms with van der Waals surface area (Å²) < 4.78 is 0. The lowest BCUT2D eigenvalue weighted by atomic mass is 9.89. The Morgan fingerprint density at radius 2 is 2.17 bits per heavy atom. The first-order chi connectivity index (χ1) is 8.70. The van der Waals surface area contributed by atoms with Crippen LogP contribution in [-0.4, -0.2) is 36.1 Å². The molecule has 0 amide bonds. The minimum atomic E-state index is 0.422. The SMILES string of the molecule is CCCC1CN(CC(C)=CCl)C2(CCCC2)CN1. The first-order valence-corrected chi connectivity index (χ1v) is 7.88. The monoisotopic (exact) mass is 270 g/mol. The maximum atomic E-state index is 5.86. The van der Waals surface area contributed by atoms with Crippen LogP contribution < -0.4 is 5.32 Å². The molecule has 1 saturated carbocycles. The van der Waals surface area contributed by atoms with Crippen LogP contribution in [-0.2, 0) is 0 Å². The zero-order valence-electron chi connectivity index (χ0n) is 11.8. The molecular weight excluding hydrogens is 244 g/mol. The molecule has 1 spiro atoms. The van der Waals surface area contributed by atoms with Crippen LogP contribution >= 0.6 is 11.6 Å². The smallest absolute Gasteiger partial charge is 0.0338 e. The summed E-state index contributed by atoms with van der Waals surface area (Å²) in [6, 6.07) is 0.671. The van der Waals surface area contributed by atoms with Crippen LogP contribution in [0.3, 0.4) is 0 Å². The predicted molar refractivity (Wildman–Crippen MR) is 79.1 cm³/mol. The lowest BCUT2D eigenvalue weighted by molar-refractivity contribution is 0.0498. The maximum Gasteiger partial charge on any atom is 0.0338 e. The number of nitrogens with zero attached hydrogens (tertiary/aromatic N) is 1. The molecule has 1 saturated heterocycles. The Kier molecular flexibility index (Phi) is 5.11. The van der Waals surface area contributed by atoms with Crippen molar-refractivity contribution in [2.75, 3.05) is 19.6 Å². The topological polar surface area (TPSA) is 15.3 Å². The van der Waals surface area contributed by atoms with Crippen molar-refractivity contribution in [1.82, 2.24) is 10.2 Å². The highest BCUT2D eigenvalue weighted by Gasteiger charge is 2.42. The van der Waals surface area contributed by atoms with Gasteiger partial charge < -0.3 is 5.32 Å². The van der Waals surface area contributed by atoms with Gasteiger partial charge in [0, 0.05) is 36.8 Å². The van der Waals surface area contributed by atoms with Gasteiger partial charge >= 0.3 is 0 Å².